The number of nitrogens with zero attached hydrogens (tertiary/aromatic N) is 1. The van der Waals surface area contributed by atoms with Gasteiger partial charge in [0.15, 0.2) is 0 Å². The number of nitro benzene ring substituents is 1. The summed E-state index contributed by atoms with van der Waals surface area (Å²) in [6.45, 7) is 2.58. The molecule has 0 radical (unpaired) electrons. The molecule has 1 unspecified atom stereocenters. The Balaban J connectivity index is 1.88. The fourth-order valence-electron chi connectivity index (χ4n) is 2.22. The average Bonchev–Trinajstić information content (AvgIpc) is 2.41. The van der Waals surface area contributed by atoms with E-state index in [1.54, 1.807) is 6.07 Å². The van der Waals surface area contributed by atoms with Crippen molar-refractivity contribution in [3.63, 3.8) is 0 Å². The molecule has 6 heteroatoms. The van der Waals surface area contributed by atoms with Crippen LogP contribution < -0.4 is 5.32 Å². The van der Waals surface area contributed by atoms with Crippen LogP contribution in [0.3, 0.4) is 0 Å². The molecule has 1 saturated heterocycles. The minimum atomic E-state index is -0.750. The van der Waals surface area contributed by atoms with Gasteiger partial charge in [-0.3, -0.25) is 10.1 Å². The summed E-state index contributed by atoms with van der Waals surface area (Å²) in [6, 6.07) is 4.24. The van der Waals surface area contributed by atoms with Gasteiger partial charge in [0.1, 0.15) is 0 Å². The molecule has 0 aromatic heterocycles. The summed E-state index contributed by atoms with van der Waals surface area (Å²) in [7, 11) is 0. The molecule has 1 aromatic rings. The summed E-state index contributed by atoms with van der Waals surface area (Å²) in [5.41, 5.74) is -0.147. The normalized spacial score (nSPS) is 19.3. The number of hydrogen-bond acceptors (Lipinski definition) is 4. The van der Waals surface area contributed by atoms with Gasteiger partial charge in [-0.15, -0.1) is 0 Å². The molecule has 0 aliphatic carbocycles. The highest BCUT2D eigenvalue weighted by Gasteiger charge is 2.17. The smallest absolute Gasteiger partial charge is 0.305 e. The Bertz CT molecular complexity index is 448. The molecule has 0 spiro atoms. The summed E-state index contributed by atoms with van der Waals surface area (Å²) in [6.07, 6.45) is 2.15. The number of benzene rings is 1. The highest BCUT2D eigenvalue weighted by molar-refractivity contribution is 5.36. The van der Waals surface area contributed by atoms with Crippen LogP contribution in [0.15, 0.2) is 18.2 Å². The molecule has 5 nitrogen and oxygen atoms in total. The van der Waals surface area contributed by atoms with E-state index in [0.717, 1.165) is 32.6 Å². The van der Waals surface area contributed by atoms with E-state index < -0.39 is 16.4 Å². The fourth-order valence-corrected chi connectivity index (χ4v) is 2.22. The first-order chi connectivity index (χ1) is 9.18. The molecular weight excluding hydrogens is 251 g/mol. The van der Waals surface area contributed by atoms with Crippen molar-refractivity contribution in [1.82, 2.24) is 5.32 Å². The lowest BCUT2D eigenvalue weighted by atomic mass is 10.0. The zero-order chi connectivity index (χ0) is 13.7. The van der Waals surface area contributed by atoms with Crippen LogP contribution in [0.4, 0.5) is 10.1 Å². The van der Waals surface area contributed by atoms with Crippen molar-refractivity contribution in [2.24, 2.45) is 5.92 Å². The maximum Gasteiger partial charge on any atom is 0.305 e. The van der Waals surface area contributed by atoms with Crippen LogP contribution >= 0.6 is 0 Å². The third-order valence-electron chi connectivity index (χ3n) is 3.26. The van der Waals surface area contributed by atoms with Gasteiger partial charge in [0.05, 0.1) is 11.5 Å². The van der Waals surface area contributed by atoms with Crippen LogP contribution in [0.2, 0.25) is 0 Å². The molecule has 1 N–H and O–H groups in total. The van der Waals surface area contributed by atoms with Crippen molar-refractivity contribution in [3.8, 4) is 0 Å². The number of nitrogens with one attached hydrogen (secondary N) is 1. The van der Waals surface area contributed by atoms with Crippen molar-refractivity contribution >= 4 is 5.69 Å². The maximum absolute atomic E-state index is 13.8. The number of halogens is 1. The second-order valence-corrected chi connectivity index (χ2v) is 4.72. The number of ether oxygens (including phenoxy) is 1. The van der Waals surface area contributed by atoms with Gasteiger partial charge in [0.25, 0.3) is 0 Å². The predicted octanol–water partition coefficient (Wildman–Crippen LogP) is 2.25. The quantitative estimate of drug-likeness (QED) is 0.657. The molecule has 1 aliphatic rings. The van der Waals surface area contributed by atoms with Gasteiger partial charge in [-0.1, -0.05) is 12.1 Å². The molecule has 0 bridgehead atoms. The molecule has 1 atom stereocenters. The summed E-state index contributed by atoms with van der Waals surface area (Å²) < 4.78 is 19.1. The Morgan fingerprint density at radius 2 is 2.37 bits per heavy atom. The van der Waals surface area contributed by atoms with Crippen LogP contribution in [0, 0.1) is 21.8 Å². The minimum absolute atomic E-state index is 0.296. The number of hydrogen-bond donors (Lipinski definition) is 1. The Kier molecular flexibility index (Phi) is 4.81. The summed E-state index contributed by atoms with van der Waals surface area (Å²) >= 11 is 0. The summed E-state index contributed by atoms with van der Waals surface area (Å²) in [4.78, 5) is 9.92. The Morgan fingerprint density at radius 1 is 1.53 bits per heavy atom. The topological polar surface area (TPSA) is 64.4 Å². The van der Waals surface area contributed by atoms with E-state index in [1.807, 2.05) is 0 Å². The molecule has 1 aliphatic heterocycles. The molecule has 104 valence electrons. The van der Waals surface area contributed by atoms with Crippen molar-refractivity contribution in [1.29, 1.82) is 0 Å². The summed E-state index contributed by atoms with van der Waals surface area (Å²) in [5, 5.41) is 13.8. The van der Waals surface area contributed by atoms with E-state index in [4.69, 9.17) is 4.74 Å². The van der Waals surface area contributed by atoms with E-state index in [-0.39, 0.29) is 0 Å². The van der Waals surface area contributed by atoms with E-state index in [1.165, 1.54) is 12.1 Å². The second kappa shape index (κ2) is 6.58. The van der Waals surface area contributed by atoms with Crippen LogP contribution in [0.1, 0.15) is 18.4 Å². The van der Waals surface area contributed by atoms with Crippen LogP contribution in [0.25, 0.3) is 0 Å². The van der Waals surface area contributed by atoms with E-state index in [9.17, 15) is 14.5 Å². The zero-order valence-electron chi connectivity index (χ0n) is 10.6. The monoisotopic (exact) mass is 268 g/mol. The van der Waals surface area contributed by atoms with Crippen molar-refractivity contribution < 1.29 is 14.1 Å². The summed E-state index contributed by atoms with van der Waals surface area (Å²) in [5.74, 6) is -0.310. The fraction of sp³-hybridized carbons (Fsp3) is 0.538. The van der Waals surface area contributed by atoms with Crippen LogP contribution in [-0.4, -0.2) is 24.7 Å². The van der Waals surface area contributed by atoms with Gasteiger partial charge in [-0.05, 0) is 18.8 Å². The molecule has 0 amide bonds. The zero-order valence-corrected chi connectivity index (χ0v) is 10.6. The van der Waals surface area contributed by atoms with E-state index in [0.29, 0.717) is 18.0 Å². The van der Waals surface area contributed by atoms with E-state index in [2.05, 4.69) is 5.32 Å². The predicted molar refractivity (Wildman–Crippen MR) is 68.3 cm³/mol. The number of rotatable bonds is 5. The van der Waals surface area contributed by atoms with Gasteiger partial charge in [0.2, 0.25) is 5.82 Å². The van der Waals surface area contributed by atoms with Crippen LogP contribution in [0.5, 0.6) is 0 Å². The first-order valence-electron chi connectivity index (χ1n) is 6.38. The largest absolute Gasteiger partial charge is 0.381 e. The average molecular weight is 268 g/mol. The Labute approximate surface area is 110 Å². The van der Waals surface area contributed by atoms with Gasteiger partial charge >= 0.3 is 5.69 Å². The molecular formula is C13H17FN2O3. The lowest BCUT2D eigenvalue weighted by Crippen LogP contribution is -2.29. The van der Waals surface area contributed by atoms with Crippen molar-refractivity contribution in [2.75, 3.05) is 19.8 Å². The van der Waals surface area contributed by atoms with Gasteiger partial charge in [-0.2, -0.15) is 4.39 Å². The molecule has 1 fully saturated rings. The molecule has 2 rings (SSSR count). The SMILES string of the molecule is O=[N+]([O-])c1cccc(CNCC2CCCOC2)c1F. The Hall–Kier alpha value is -1.53. The highest BCUT2D eigenvalue weighted by atomic mass is 19.1. The third kappa shape index (κ3) is 3.71. The van der Waals surface area contributed by atoms with E-state index >= 15 is 0 Å². The molecule has 1 heterocycles. The lowest BCUT2D eigenvalue weighted by Gasteiger charge is -2.22. The number of nitro groups is 1. The first kappa shape index (κ1) is 13.9. The third-order valence-corrected chi connectivity index (χ3v) is 3.26. The Morgan fingerprint density at radius 3 is 3.05 bits per heavy atom. The second-order valence-electron chi connectivity index (χ2n) is 4.72. The lowest BCUT2D eigenvalue weighted by molar-refractivity contribution is -0.387. The first-order valence-corrected chi connectivity index (χ1v) is 6.38. The standard InChI is InChI=1S/C13H17FN2O3/c14-13-11(4-1-5-12(13)16(17)18)8-15-7-10-3-2-6-19-9-10/h1,4-5,10,15H,2-3,6-9H2. The van der Waals surface area contributed by atoms with Gasteiger partial charge in [0, 0.05) is 31.3 Å². The van der Waals surface area contributed by atoms with Gasteiger partial charge in [-0.25, -0.2) is 0 Å². The maximum atomic E-state index is 13.8. The molecule has 19 heavy (non-hydrogen) atoms. The highest BCUT2D eigenvalue weighted by Crippen LogP contribution is 2.20. The van der Waals surface area contributed by atoms with Crippen molar-refractivity contribution in [2.45, 2.75) is 19.4 Å². The molecule has 1 aromatic carbocycles. The minimum Gasteiger partial charge on any atom is -0.381 e. The van der Waals surface area contributed by atoms with Crippen LogP contribution in [-0.2, 0) is 11.3 Å². The van der Waals surface area contributed by atoms with Gasteiger partial charge < -0.3 is 10.1 Å². The molecule has 0 saturated carbocycles. The van der Waals surface area contributed by atoms with Crippen molar-refractivity contribution in [3.05, 3.63) is 39.7 Å².